The molecule has 1 heterocycles. The van der Waals surface area contributed by atoms with Crippen molar-refractivity contribution in [2.75, 3.05) is 32.7 Å². The van der Waals surface area contributed by atoms with E-state index in [2.05, 4.69) is 18.0 Å². The maximum absolute atomic E-state index is 5.85. The van der Waals surface area contributed by atoms with Crippen LogP contribution < -0.4 is 0 Å². The van der Waals surface area contributed by atoms with E-state index in [4.69, 9.17) is 21.1 Å². The van der Waals surface area contributed by atoms with Crippen molar-refractivity contribution in [3.05, 3.63) is 23.5 Å². The largest absolute Gasteiger partial charge is 0.385 e. The first-order valence-electron chi connectivity index (χ1n) is 6.49. The van der Waals surface area contributed by atoms with Crippen LogP contribution >= 0.6 is 23.4 Å². The second kappa shape index (κ2) is 10.5. The summed E-state index contributed by atoms with van der Waals surface area (Å²) in [5, 5.41) is 0. The van der Waals surface area contributed by atoms with Gasteiger partial charge >= 0.3 is 0 Å². The van der Waals surface area contributed by atoms with Crippen molar-refractivity contribution < 1.29 is 9.47 Å². The number of hydrogen-bond acceptors (Lipinski definition) is 4. The Balaban J connectivity index is 2.16. The summed E-state index contributed by atoms with van der Waals surface area (Å²) in [5.41, 5.74) is 2.17. The van der Waals surface area contributed by atoms with Gasteiger partial charge in [0.15, 0.2) is 0 Å². The minimum atomic E-state index is 0.475. The molecule has 0 aromatic carbocycles. The van der Waals surface area contributed by atoms with Crippen LogP contribution in [-0.2, 0) is 15.4 Å². The normalized spacial score (nSPS) is 10.9. The van der Waals surface area contributed by atoms with E-state index >= 15 is 0 Å². The van der Waals surface area contributed by atoms with Crippen LogP contribution in [0.1, 0.15) is 24.1 Å². The molecule has 0 saturated carbocycles. The third-order valence-electron chi connectivity index (χ3n) is 2.71. The number of hydrogen-bond donors (Lipinski definition) is 0. The van der Waals surface area contributed by atoms with Crippen LogP contribution in [0.3, 0.4) is 0 Å². The van der Waals surface area contributed by atoms with Gasteiger partial charge in [-0.1, -0.05) is 0 Å². The molecule has 0 aliphatic heterocycles. The van der Waals surface area contributed by atoms with E-state index < -0.39 is 0 Å². The SMILES string of the molecule is COCCCOCCCSc1ccnc(CCl)c1C. The van der Waals surface area contributed by atoms with Crippen molar-refractivity contribution >= 4 is 23.4 Å². The number of nitrogens with zero attached hydrogens (tertiary/aromatic N) is 1. The average Bonchev–Trinajstić information content (AvgIpc) is 2.43. The lowest BCUT2D eigenvalue weighted by Gasteiger charge is -2.08. The van der Waals surface area contributed by atoms with Crippen LogP contribution in [0.2, 0.25) is 0 Å². The molecule has 0 unspecified atom stereocenters. The Kier molecular flexibility index (Phi) is 9.26. The summed E-state index contributed by atoms with van der Waals surface area (Å²) in [4.78, 5) is 5.53. The Morgan fingerprint density at radius 1 is 1.26 bits per heavy atom. The lowest BCUT2D eigenvalue weighted by molar-refractivity contribution is 0.104. The Morgan fingerprint density at radius 2 is 2.05 bits per heavy atom. The molecule has 0 bridgehead atoms. The predicted octanol–water partition coefficient (Wildman–Crippen LogP) is 3.66. The summed E-state index contributed by atoms with van der Waals surface area (Å²) < 4.78 is 10.5. The van der Waals surface area contributed by atoms with Gasteiger partial charge in [-0.05, 0) is 31.4 Å². The van der Waals surface area contributed by atoms with Crippen molar-refractivity contribution in [2.24, 2.45) is 0 Å². The third-order valence-corrected chi connectivity index (χ3v) is 4.21. The van der Waals surface area contributed by atoms with Gasteiger partial charge in [0, 0.05) is 43.8 Å². The lowest BCUT2D eigenvalue weighted by Crippen LogP contribution is -2.01. The predicted molar refractivity (Wildman–Crippen MR) is 81.2 cm³/mol. The Bertz CT molecular complexity index is 363. The van der Waals surface area contributed by atoms with E-state index in [0.717, 1.165) is 44.1 Å². The zero-order chi connectivity index (χ0) is 13.9. The molecule has 0 saturated heterocycles. The molecule has 0 amide bonds. The fourth-order valence-electron chi connectivity index (χ4n) is 1.60. The minimum Gasteiger partial charge on any atom is -0.385 e. The molecule has 0 radical (unpaired) electrons. The molecule has 19 heavy (non-hydrogen) atoms. The molecule has 3 nitrogen and oxygen atoms in total. The van der Waals surface area contributed by atoms with Crippen molar-refractivity contribution in [3.63, 3.8) is 0 Å². The van der Waals surface area contributed by atoms with Crippen LogP contribution in [-0.4, -0.2) is 37.7 Å². The van der Waals surface area contributed by atoms with E-state index in [9.17, 15) is 0 Å². The second-order valence-corrected chi connectivity index (χ2v) is 5.58. The number of halogens is 1. The molecule has 0 aliphatic rings. The number of aromatic nitrogens is 1. The van der Waals surface area contributed by atoms with E-state index in [1.807, 2.05) is 18.0 Å². The standard InChI is InChI=1S/C14H22ClNO2S/c1-12-13(11-15)16-6-5-14(12)19-10-4-9-18-8-3-7-17-2/h5-6H,3-4,7-11H2,1-2H3. The van der Waals surface area contributed by atoms with Gasteiger partial charge in [0.2, 0.25) is 0 Å². The van der Waals surface area contributed by atoms with Gasteiger partial charge in [0.1, 0.15) is 0 Å². The molecular weight excluding hydrogens is 282 g/mol. The lowest BCUT2D eigenvalue weighted by atomic mass is 10.2. The van der Waals surface area contributed by atoms with Gasteiger partial charge in [-0.25, -0.2) is 0 Å². The first-order valence-corrected chi connectivity index (χ1v) is 8.01. The average molecular weight is 304 g/mol. The maximum Gasteiger partial charge on any atom is 0.0650 e. The number of methoxy groups -OCH3 is 1. The maximum atomic E-state index is 5.85. The molecule has 0 N–H and O–H groups in total. The number of rotatable bonds is 10. The van der Waals surface area contributed by atoms with Crippen molar-refractivity contribution in [1.29, 1.82) is 0 Å². The van der Waals surface area contributed by atoms with Gasteiger partial charge in [-0.3, -0.25) is 4.98 Å². The number of pyridine rings is 1. The smallest absolute Gasteiger partial charge is 0.0650 e. The molecule has 1 rings (SSSR count). The topological polar surface area (TPSA) is 31.4 Å². The van der Waals surface area contributed by atoms with Gasteiger partial charge in [-0.15, -0.1) is 23.4 Å². The van der Waals surface area contributed by atoms with Crippen LogP contribution in [0.4, 0.5) is 0 Å². The van der Waals surface area contributed by atoms with Crippen LogP contribution in [0.5, 0.6) is 0 Å². The summed E-state index contributed by atoms with van der Waals surface area (Å²) in [6, 6.07) is 2.05. The van der Waals surface area contributed by atoms with Gasteiger partial charge < -0.3 is 9.47 Å². The molecule has 0 fully saturated rings. The summed E-state index contributed by atoms with van der Waals surface area (Å²) >= 11 is 7.69. The zero-order valence-electron chi connectivity index (χ0n) is 11.7. The fourth-order valence-corrected chi connectivity index (χ4v) is 2.84. The highest BCUT2D eigenvalue weighted by atomic mass is 35.5. The molecule has 0 atom stereocenters. The van der Waals surface area contributed by atoms with Gasteiger partial charge in [0.25, 0.3) is 0 Å². The highest BCUT2D eigenvalue weighted by Gasteiger charge is 2.04. The molecule has 0 spiro atoms. The molecule has 5 heteroatoms. The van der Waals surface area contributed by atoms with Crippen molar-refractivity contribution in [2.45, 2.75) is 30.5 Å². The highest BCUT2D eigenvalue weighted by molar-refractivity contribution is 7.99. The minimum absolute atomic E-state index is 0.475. The molecular formula is C14H22ClNO2S. The van der Waals surface area contributed by atoms with Gasteiger partial charge in [0.05, 0.1) is 11.6 Å². The number of thioether (sulfide) groups is 1. The van der Waals surface area contributed by atoms with E-state index in [1.54, 1.807) is 7.11 Å². The third kappa shape index (κ3) is 6.61. The summed E-state index contributed by atoms with van der Waals surface area (Å²) in [6.07, 6.45) is 3.84. The second-order valence-electron chi connectivity index (χ2n) is 4.18. The Labute approximate surface area is 125 Å². The van der Waals surface area contributed by atoms with E-state index in [0.29, 0.717) is 5.88 Å². The van der Waals surface area contributed by atoms with Crippen LogP contribution in [0.15, 0.2) is 17.2 Å². The molecule has 1 aromatic rings. The number of ether oxygens (including phenoxy) is 2. The summed E-state index contributed by atoms with van der Waals surface area (Å²) in [5.74, 6) is 1.53. The fraction of sp³-hybridized carbons (Fsp3) is 0.643. The Hall–Kier alpha value is -0.290. The van der Waals surface area contributed by atoms with E-state index in [1.165, 1.54) is 10.5 Å². The van der Waals surface area contributed by atoms with Crippen molar-refractivity contribution in [1.82, 2.24) is 4.98 Å². The van der Waals surface area contributed by atoms with Crippen LogP contribution in [0, 0.1) is 6.92 Å². The van der Waals surface area contributed by atoms with Crippen molar-refractivity contribution in [3.8, 4) is 0 Å². The monoisotopic (exact) mass is 303 g/mol. The molecule has 1 aromatic heterocycles. The molecule has 108 valence electrons. The zero-order valence-corrected chi connectivity index (χ0v) is 13.2. The quantitative estimate of drug-likeness (QED) is 0.375. The van der Waals surface area contributed by atoms with Crippen LogP contribution in [0.25, 0.3) is 0 Å². The van der Waals surface area contributed by atoms with E-state index in [-0.39, 0.29) is 0 Å². The highest BCUT2D eigenvalue weighted by Crippen LogP contribution is 2.24. The summed E-state index contributed by atoms with van der Waals surface area (Å²) in [6.45, 7) is 4.44. The number of alkyl halides is 1. The van der Waals surface area contributed by atoms with Gasteiger partial charge in [-0.2, -0.15) is 0 Å². The first-order chi connectivity index (χ1) is 9.29. The summed E-state index contributed by atoms with van der Waals surface area (Å²) in [7, 11) is 1.71. The first kappa shape index (κ1) is 16.8. The Morgan fingerprint density at radius 3 is 2.79 bits per heavy atom. The molecule has 0 aliphatic carbocycles.